The zero-order valence-corrected chi connectivity index (χ0v) is 14.8. The second-order valence-electron chi connectivity index (χ2n) is 5.93. The summed E-state index contributed by atoms with van der Waals surface area (Å²) < 4.78 is 16.3. The molecule has 0 fully saturated rings. The van der Waals surface area contributed by atoms with E-state index < -0.39 is 34.8 Å². The molecule has 1 unspecified atom stereocenters. The number of carbonyl (C=O) groups excluding carboxylic acids is 1. The van der Waals surface area contributed by atoms with Crippen LogP contribution in [0.15, 0.2) is 48.9 Å². The maximum absolute atomic E-state index is 14.7. The fraction of sp³-hybridized carbons (Fsp3) is 0.105. The van der Waals surface area contributed by atoms with Gasteiger partial charge >= 0.3 is 5.97 Å². The van der Waals surface area contributed by atoms with Crippen molar-refractivity contribution in [3.63, 3.8) is 0 Å². The second kappa shape index (κ2) is 7.30. The van der Waals surface area contributed by atoms with Gasteiger partial charge in [-0.3, -0.25) is 4.79 Å². The van der Waals surface area contributed by atoms with Crippen molar-refractivity contribution >= 4 is 23.4 Å². The maximum atomic E-state index is 14.7. The van der Waals surface area contributed by atoms with E-state index in [1.807, 2.05) is 0 Å². The summed E-state index contributed by atoms with van der Waals surface area (Å²) in [5.74, 6) is -3.32. The number of nitrogens with zero attached hydrogens (tertiary/aromatic N) is 2. The lowest BCUT2D eigenvalue weighted by atomic mass is 9.94. The van der Waals surface area contributed by atoms with E-state index in [0.717, 1.165) is 12.1 Å². The summed E-state index contributed by atoms with van der Waals surface area (Å²) in [5, 5.41) is 20.2. The van der Waals surface area contributed by atoms with Crippen molar-refractivity contribution in [2.75, 3.05) is 0 Å². The number of carboxylic acids is 1. The van der Waals surface area contributed by atoms with Crippen LogP contribution in [0, 0.1) is 5.82 Å². The average Bonchev–Trinajstić information content (AvgIpc) is 3.06. The van der Waals surface area contributed by atoms with Crippen LogP contribution in [0.1, 0.15) is 43.6 Å². The van der Waals surface area contributed by atoms with Crippen molar-refractivity contribution in [1.82, 2.24) is 9.55 Å². The largest absolute Gasteiger partial charge is 0.478 e. The summed E-state index contributed by atoms with van der Waals surface area (Å²) in [4.78, 5) is 28.2. The van der Waals surface area contributed by atoms with Crippen LogP contribution in [0.5, 0.6) is 0 Å². The number of rotatable bonds is 5. The van der Waals surface area contributed by atoms with Gasteiger partial charge in [-0.1, -0.05) is 11.6 Å². The van der Waals surface area contributed by atoms with Gasteiger partial charge in [-0.15, -0.1) is 0 Å². The molecular weight excluding hydrogens is 375 g/mol. The number of carbonyl (C=O) groups is 2. The average molecular weight is 389 g/mol. The molecule has 0 saturated carbocycles. The molecule has 0 aliphatic heterocycles. The van der Waals surface area contributed by atoms with E-state index in [2.05, 4.69) is 4.98 Å². The Morgan fingerprint density at radius 2 is 1.89 bits per heavy atom. The quantitative estimate of drug-likeness (QED) is 0.655. The molecule has 3 rings (SSSR count). The first-order valence-corrected chi connectivity index (χ1v) is 8.18. The van der Waals surface area contributed by atoms with Gasteiger partial charge in [-0.05, 0) is 42.0 Å². The molecule has 0 saturated heterocycles. The SMILES string of the molecule is Cn1cnc(C(O)c2cc(F)c(C(=O)c3ccc(Cl)cc3)c(C(=O)O)c2)c1. The molecule has 1 atom stereocenters. The number of imidazole rings is 1. The van der Waals surface area contributed by atoms with E-state index >= 15 is 0 Å². The third-order valence-corrected chi connectivity index (χ3v) is 4.25. The molecule has 0 aliphatic carbocycles. The molecule has 0 aliphatic rings. The molecule has 2 N–H and O–H groups in total. The number of carboxylic acid groups (broad SMARTS) is 1. The van der Waals surface area contributed by atoms with Crippen LogP contribution in [0.2, 0.25) is 5.02 Å². The first-order chi connectivity index (χ1) is 12.8. The van der Waals surface area contributed by atoms with Crippen molar-refractivity contribution in [1.29, 1.82) is 0 Å². The summed E-state index contributed by atoms with van der Waals surface area (Å²) >= 11 is 5.78. The summed E-state index contributed by atoms with van der Waals surface area (Å²) in [5.41, 5.74) is -0.818. The zero-order chi connectivity index (χ0) is 19.7. The number of benzene rings is 2. The number of aliphatic hydroxyl groups is 1. The first kappa shape index (κ1) is 18.8. The number of aliphatic hydroxyl groups excluding tert-OH is 1. The Bertz CT molecular complexity index is 1030. The van der Waals surface area contributed by atoms with Crippen LogP contribution in [0.25, 0.3) is 0 Å². The first-order valence-electron chi connectivity index (χ1n) is 7.81. The Morgan fingerprint density at radius 1 is 1.22 bits per heavy atom. The van der Waals surface area contributed by atoms with Gasteiger partial charge in [0, 0.05) is 23.8 Å². The standard InChI is InChI=1S/C19H14ClFN2O4/c1-23-8-15(22-9-23)17(24)11-6-13(19(26)27)16(14(21)7-11)18(25)10-2-4-12(20)5-3-10/h2-9,17,24H,1H3,(H,26,27). The number of aromatic carboxylic acids is 1. The molecular formula is C19H14ClFN2O4. The summed E-state index contributed by atoms with van der Waals surface area (Å²) in [6.45, 7) is 0. The van der Waals surface area contributed by atoms with Crippen molar-refractivity contribution in [2.45, 2.75) is 6.10 Å². The van der Waals surface area contributed by atoms with Gasteiger partial charge in [-0.25, -0.2) is 14.2 Å². The summed E-state index contributed by atoms with van der Waals surface area (Å²) in [6.07, 6.45) is 1.64. The lowest BCUT2D eigenvalue weighted by Gasteiger charge is -2.13. The van der Waals surface area contributed by atoms with Gasteiger partial charge in [0.15, 0.2) is 5.78 Å². The topological polar surface area (TPSA) is 92.4 Å². The Hall–Kier alpha value is -3.03. The highest BCUT2D eigenvalue weighted by molar-refractivity contribution is 6.30. The lowest BCUT2D eigenvalue weighted by Crippen LogP contribution is -2.14. The molecule has 3 aromatic rings. The number of hydrogen-bond donors (Lipinski definition) is 2. The molecule has 6 nitrogen and oxygen atoms in total. The fourth-order valence-corrected chi connectivity index (χ4v) is 2.80. The third kappa shape index (κ3) is 3.74. The Labute approximate surface area is 158 Å². The van der Waals surface area contributed by atoms with Gasteiger partial charge in [0.05, 0.1) is 23.1 Å². The van der Waals surface area contributed by atoms with Crippen LogP contribution in [0.4, 0.5) is 4.39 Å². The van der Waals surface area contributed by atoms with E-state index in [0.29, 0.717) is 5.02 Å². The van der Waals surface area contributed by atoms with Crippen LogP contribution in [-0.2, 0) is 7.05 Å². The number of ketones is 1. The molecule has 0 radical (unpaired) electrons. The number of hydrogen-bond acceptors (Lipinski definition) is 4. The van der Waals surface area contributed by atoms with Crippen LogP contribution in [-0.4, -0.2) is 31.5 Å². The highest BCUT2D eigenvalue weighted by Crippen LogP contribution is 2.27. The van der Waals surface area contributed by atoms with E-state index in [9.17, 15) is 24.2 Å². The monoisotopic (exact) mass is 388 g/mol. The predicted molar refractivity (Wildman–Crippen MR) is 95.5 cm³/mol. The minimum absolute atomic E-state index is 0.0174. The molecule has 1 heterocycles. The van der Waals surface area contributed by atoms with E-state index in [1.165, 1.54) is 36.8 Å². The highest BCUT2D eigenvalue weighted by atomic mass is 35.5. The van der Waals surface area contributed by atoms with Gasteiger partial charge < -0.3 is 14.8 Å². The van der Waals surface area contributed by atoms with Crippen molar-refractivity contribution < 1.29 is 24.2 Å². The molecule has 8 heteroatoms. The van der Waals surface area contributed by atoms with Crippen molar-refractivity contribution in [3.05, 3.63) is 87.7 Å². The van der Waals surface area contributed by atoms with Crippen LogP contribution >= 0.6 is 11.6 Å². The molecule has 2 aromatic carbocycles. The fourth-order valence-electron chi connectivity index (χ4n) is 2.68. The van der Waals surface area contributed by atoms with Crippen molar-refractivity contribution in [2.24, 2.45) is 7.05 Å². The molecule has 0 amide bonds. The summed E-state index contributed by atoms with van der Waals surface area (Å²) in [7, 11) is 1.69. The normalized spacial score (nSPS) is 12.0. The van der Waals surface area contributed by atoms with Gasteiger partial charge in [-0.2, -0.15) is 0 Å². The minimum atomic E-state index is -1.48. The Kier molecular flexibility index (Phi) is 5.07. The second-order valence-corrected chi connectivity index (χ2v) is 6.37. The van der Waals surface area contributed by atoms with Crippen molar-refractivity contribution in [3.8, 4) is 0 Å². The van der Waals surface area contributed by atoms with E-state index in [-0.39, 0.29) is 16.8 Å². The highest BCUT2D eigenvalue weighted by Gasteiger charge is 2.26. The third-order valence-electron chi connectivity index (χ3n) is 4.00. The Balaban J connectivity index is 2.09. The summed E-state index contributed by atoms with van der Waals surface area (Å²) in [6, 6.07) is 7.68. The zero-order valence-electron chi connectivity index (χ0n) is 14.1. The molecule has 1 aromatic heterocycles. The number of aryl methyl sites for hydroxylation is 1. The smallest absolute Gasteiger partial charge is 0.336 e. The number of halogens is 2. The van der Waals surface area contributed by atoms with Gasteiger partial charge in [0.1, 0.15) is 11.9 Å². The minimum Gasteiger partial charge on any atom is -0.478 e. The van der Waals surface area contributed by atoms with Crippen LogP contribution < -0.4 is 0 Å². The lowest BCUT2D eigenvalue weighted by molar-refractivity contribution is 0.0691. The maximum Gasteiger partial charge on any atom is 0.336 e. The predicted octanol–water partition coefficient (Wildman–Crippen LogP) is 3.22. The molecule has 27 heavy (non-hydrogen) atoms. The Morgan fingerprint density at radius 3 is 2.44 bits per heavy atom. The van der Waals surface area contributed by atoms with Gasteiger partial charge in [0.25, 0.3) is 0 Å². The number of aromatic nitrogens is 2. The van der Waals surface area contributed by atoms with Crippen LogP contribution in [0.3, 0.4) is 0 Å². The van der Waals surface area contributed by atoms with Gasteiger partial charge in [0.2, 0.25) is 0 Å². The van der Waals surface area contributed by atoms with E-state index in [1.54, 1.807) is 11.6 Å². The molecule has 0 bridgehead atoms. The molecule has 0 spiro atoms. The van der Waals surface area contributed by atoms with E-state index in [4.69, 9.17) is 11.6 Å². The molecule has 138 valence electrons.